The molecule has 0 amide bonds. The highest BCUT2D eigenvalue weighted by atomic mass is 16.5. The molecule has 0 unspecified atom stereocenters. The van der Waals surface area contributed by atoms with E-state index in [1.54, 1.807) is 0 Å². The topological polar surface area (TPSA) is 27.7 Å². The zero-order valence-electron chi connectivity index (χ0n) is 15.4. The Morgan fingerprint density at radius 2 is 1.38 bits per heavy atom. The summed E-state index contributed by atoms with van der Waals surface area (Å²) in [6, 6.07) is 8.47. The van der Waals surface area contributed by atoms with E-state index in [9.17, 15) is 0 Å². The first-order valence-corrected chi connectivity index (χ1v) is 9.53. The number of hydrogen-bond acceptors (Lipinski definition) is 3. The molecule has 3 nitrogen and oxygen atoms in total. The molecular formula is C21H35O3. The van der Waals surface area contributed by atoms with Gasteiger partial charge < -0.3 is 14.2 Å². The summed E-state index contributed by atoms with van der Waals surface area (Å²) in [4.78, 5) is 0. The van der Waals surface area contributed by atoms with Crippen molar-refractivity contribution in [2.45, 2.75) is 58.3 Å². The van der Waals surface area contributed by atoms with Gasteiger partial charge in [-0.2, -0.15) is 0 Å². The fourth-order valence-corrected chi connectivity index (χ4v) is 2.58. The van der Waals surface area contributed by atoms with Crippen LogP contribution in [0, 0.1) is 6.92 Å². The van der Waals surface area contributed by atoms with Gasteiger partial charge in [0.15, 0.2) is 0 Å². The summed E-state index contributed by atoms with van der Waals surface area (Å²) >= 11 is 0. The molecular weight excluding hydrogens is 300 g/mol. The van der Waals surface area contributed by atoms with Gasteiger partial charge in [-0.3, -0.25) is 0 Å². The summed E-state index contributed by atoms with van der Waals surface area (Å²) in [6.45, 7) is 8.70. The molecule has 0 N–H and O–H groups in total. The van der Waals surface area contributed by atoms with E-state index >= 15 is 0 Å². The van der Waals surface area contributed by atoms with Gasteiger partial charge in [-0.15, -0.1) is 0 Å². The summed E-state index contributed by atoms with van der Waals surface area (Å²) in [6.07, 6.45) is 10.7. The number of hydrogen-bond donors (Lipinski definition) is 0. The predicted octanol–water partition coefficient (Wildman–Crippen LogP) is 5.23. The van der Waals surface area contributed by atoms with Crippen molar-refractivity contribution in [3.8, 4) is 5.75 Å². The molecule has 1 aromatic carbocycles. The van der Waals surface area contributed by atoms with Crippen LogP contribution >= 0.6 is 0 Å². The van der Waals surface area contributed by atoms with Crippen molar-refractivity contribution in [2.75, 3.05) is 33.0 Å². The van der Waals surface area contributed by atoms with Gasteiger partial charge in [0.1, 0.15) is 12.4 Å². The van der Waals surface area contributed by atoms with Crippen LogP contribution in [0.2, 0.25) is 0 Å². The molecule has 1 radical (unpaired) electrons. The van der Waals surface area contributed by atoms with Crippen LogP contribution in [0.5, 0.6) is 5.75 Å². The second-order valence-electron chi connectivity index (χ2n) is 6.09. The molecule has 3 heteroatoms. The molecule has 0 heterocycles. The van der Waals surface area contributed by atoms with Crippen molar-refractivity contribution in [1.82, 2.24) is 0 Å². The van der Waals surface area contributed by atoms with Crippen molar-refractivity contribution < 1.29 is 14.2 Å². The van der Waals surface area contributed by atoms with Gasteiger partial charge in [0.25, 0.3) is 0 Å². The summed E-state index contributed by atoms with van der Waals surface area (Å²) < 4.78 is 16.2. The molecule has 1 aromatic rings. The molecule has 0 fully saturated rings. The molecule has 0 aromatic heterocycles. The van der Waals surface area contributed by atoms with Crippen LogP contribution in [-0.2, 0) is 15.9 Å². The van der Waals surface area contributed by atoms with Gasteiger partial charge in [0, 0.05) is 6.61 Å². The van der Waals surface area contributed by atoms with Crippen LogP contribution in [-0.4, -0.2) is 33.0 Å². The summed E-state index contributed by atoms with van der Waals surface area (Å²) in [7, 11) is 0. The van der Waals surface area contributed by atoms with Crippen molar-refractivity contribution >= 4 is 0 Å². The van der Waals surface area contributed by atoms with E-state index in [1.807, 2.05) is 0 Å². The largest absolute Gasteiger partial charge is 0.491 e. The monoisotopic (exact) mass is 335 g/mol. The van der Waals surface area contributed by atoms with Gasteiger partial charge in [-0.25, -0.2) is 0 Å². The maximum absolute atomic E-state index is 5.67. The molecule has 24 heavy (non-hydrogen) atoms. The fourth-order valence-electron chi connectivity index (χ4n) is 2.58. The zero-order valence-corrected chi connectivity index (χ0v) is 15.4. The molecule has 0 saturated carbocycles. The lowest BCUT2D eigenvalue weighted by Crippen LogP contribution is -2.10. The van der Waals surface area contributed by atoms with Crippen LogP contribution in [0.25, 0.3) is 0 Å². The number of aryl methyl sites for hydroxylation is 1. The Balaban J connectivity index is 2.02. The van der Waals surface area contributed by atoms with E-state index in [1.165, 1.54) is 56.9 Å². The predicted molar refractivity (Wildman–Crippen MR) is 101 cm³/mol. The maximum Gasteiger partial charge on any atom is 0.119 e. The van der Waals surface area contributed by atoms with Crippen LogP contribution in [0.3, 0.4) is 0 Å². The molecule has 1 rings (SSSR count). The van der Waals surface area contributed by atoms with E-state index in [2.05, 4.69) is 38.1 Å². The second-order valence-corrected chi connectivity index (χ2v) is 6.09. The zero-order chi connectivity index (χ0) is 17.3. The first-order valence-electron chi connectivity index (χ1n) is 9.53. The van der Waals surface area contributed by atoms with E-state index < -0.39 is 0 Å². The van der Waals surface area contributed by atoms with Gasteiger partial charge in [-0.1, -0.05) is 57.6 Å². The Bertz CT molecular complexity index is 338. The third-order valence-corrected chi connectivity index (χ3v) is 4.01. The first-order chi connectivity index (χ1) is 11.9. The van der Waals surface area contributed by atoms with E-state index in [0.29, 0.717) is 33.0 Å². The third kappa shape index (κ3) is 11.5. The summed E-state index contributed by atoms with van der Waals surface area (Å²) in [5.74, 6) is 0.913. The lowest BCUT2D eigenvalue weighted by Gasteiger charge is -2.08. The van der Waals surface area contributed by atoms with Crippen molar-refractivity contribution in [3.05, 3.63) is 36.8 Å². The highest BCUT2D eigenvalue weighted by Gasteiger charge is 1.97. The van der Waals surface area contributed by atoms with Gasteiger partial charge in [0.05, 0.1) is 19.8 Å². The SMILES string of the molecule is [CH2]COCCOCCOc1ccc(CCCCCCCCC)cc1. The highest BCUT2D eigenvalue weighted by molar-refractivity contribution is 5.27. The van der Waals surface area contributed by atoms with E-state index in [0.717, 1.165) is 5.75 Å². The van der Waals surface area contributed by atoms with Crippen molar-refractivity contribution in [2.24, 2.45) is 0 Å². The number of unbranched alkanes of at least 4 members (excludes halogenated alkanes) is 6. The average Bonchev–Trinajstić information content (AvgIpc) is 2.61. The Morgan fingerprint density at radius 1 is 0.750 bits per heavy atom. The van der Waals surface area contributed by atoms with Gasteiger partial charge >= 0.3 is 0 Å². The average molecular weight is 336 g/mol. The quantitative estimate of drug-likeness (QED) is 0.387. The first kappa shape index (κ1) is 21.0. The Hall–Kier alpha value is -1.06. The van der Waals surface area contributed by atoms with Crippen molar-refractivity contribution in [1.29, 1.82) is 0 Å². The fraction of sp³-hybridized carbons (Fsp3) is 0.667. The highest BCUT2D eigenvalue weighted by Crippen LogP contribution is 2.15. The van der Waals surface area contributed by atoms with Crippen LogP contribution in [0.15, 0.2) is 24.3 Å². The molecule has 0 aliphatic heterocycles. The standard InChI is InChI=1S/C21H35O3/c1-3-5-6-7-8-9-10-11-20-12-14-21(15-13-20)24-19-18-23-17-16-22-4-2/h12-15H,2-11,16-19H2,1H3. The Labute approximate surface area is 148 Å². The summed E-state index contributed by atoms with van der Waals surface area (Å²) in [5.41, 5.74) is 1.40. The molecule has 0 spiro atoms. The van der Waals surface area contributed by atoms with Gasteiger partial charge in [0.2, 0.25) is 0 Å². The van der Waals surface area contributed by atoms with Crippen LogP contribution in [0.1, 0.15) is 57.4 Å². The van der Waals surface area contributed by atoms with E-state index in [-0.39, 0.29) is 0 Å². The molecule has 0 bridgehead atoms. The number of benzene rings is 1. The smallest absolute Gasteiger partial charge is 0.119 e. The van der Waals surface area contributed by atoms with Crippen LogP contribution < -0.4 is 4.74 Å². The van der Waals surface area contributed by atoms with Crippen molar-refractivity contribution in [3.63, 3.8) is 0 Å². The molecule has 0 aliphatic carbocycles. The summed E-state index contributed by atoms with van der Waals surface area (Å²) in [5, 5.41) is 0. The maximum atomic E-state index is 5.67. The van der Waals surface area contributed by atoms with E-state index in [4.69, 9.17) is 14.2 Å². The van der Waals surface area contributed by atoms with Gasteiger partial charge in [-0.05, 0) is 37.5 Å². The normalized spacial score (nSPS) is 10.9. The minimum atomic E-state index is 0.491. The minimum absolute atomic E-state index is 0.491. The Kier molecular flexibility index (Phi) is 13.5. The number of ether oxygens (including phenoxy) is 3. The lowest BCUT2D eigenvalue weighted by molar-refractivity contribution is 0.0445. The lowest BCUT2D eigenvalue weighted by atomic mass is 10.0. The second kappa shape index (κ2) is 15.5. The molecule has 0 atom stereocenters. The molecule has 0 saturated heterocycles. The molecule has 137 valence electrons. The third-order valence-electron chi connectivity index (χ3n) is 4.01. The van der Waals surface area contributed by atoms with Crippen LogP contribution in [0.4, 0.5) is 0 Å². The number of rotatable bonds is 16. The minimum Gasteiger partial charge on any atom is -0.491 e. The Morgan fingerprint density at radius 3 is 2.08 bits per heavy atom. The molecule has 0 aliphatic rings.